The second-order valence-corrected chi connectivity index (χ2v) is 7.39. The van der Waals surface area contributed by atoms with Crippen molar-refractivity contribution in [2.75, 3.05) is 19.6 Å². The number of hydrogen-bond donors (Lipinski definition) is 2. The van der Waals surface area contributed by atoms with E-state index in [0.717, 1.165) is 38.4 Å². The summed E-state index contributed by atoms with van der Waals surface area (Å²) in [7, 11) is 0. The Morgan fingerprint density at radius 1 is 1.27 bits per heavy atom. The highest BCUT2D eigenvalue weighted by atomic mass is 16.3. The minimum atomic E-state index is -0.337. The van der Waals surface area contributed by atoms with Crippen LogP contribution in [0.4, 0.5) is 0 Å². The number of amides is 1. The Balaban J connectivity index is 1.86. The summed E-state index contributed by atoms with van der Waals surface area (Å²) >= 11 is 0. The molecular weight excluding hydrogens is 276 g/mol. The van der Waals surface area contributed by atoms with Crippen molar-refractivity contribution in [3.8, 4) is 0 Å². The van der Waals surface area contributed by atoms with Crippen LogP contribution >= 0.6 is 0 Å². The molecule has 0 aromatic rings. The van der Waals surface area contributed by atoms with Gasteiger partial charge in [0.15, 0.2) is 0 Å². The van der Waals surface area contributed by atoms with Gasteiger partial charge in [0.2, 0.25) is 5.91 Å². The van der Waals surface area contributed by atoms with E-state index in [-0.39, 0.29) is 17.9 Å². The van der Waals surface area contributed by atoms with Crippen LogP contribution in [0.1, 0.15) is 65.2 Å². The summed E-state index contributed by atoms with van der Waals surface area (Å²) in [6, 6.07) is 0.344. The third-order valence-electron chi connectivity index (χ3n) is 5.40. The lowest BCUT2D eigenvalue weighted by Crippen LogP contribution is -2.53. The van der Waals surface area contributed by atoms with Crippen LogP contribution in [-0.4, -0.2) is 47.7 Å². The second kappa shape index (κ2) is 8.88. The zero-order chi connectivity index (χ0) is 15.9. The maximum atomic E-state index is 12.2. The highest BCUT2D eigenvalue weighted by molar-refractivity contribution is 5.76. The van der Waals surface area contributed by atoms with Gasteiger partial charge in [-0.15, -0.1) is 0 Å². The third kappa shape index (κ3) is 5.24. The van der Waals surface area contributed by atoms with E-state index in [9.17, 15) is 9.90 Å². The average Bonchev–Trinajstić information content (AvgIpc) is 2.54. The van der Waals surface area contributed by atoms with Crippen LogP contribution in [0.5, 0.6) is 0 Å². The van der Waals surface area contributed by atoms with Crippen LogP contribution in [0.15, 0.2) is 0 Å². The molecule has 0 spiro atoms. The summed E-state index contributed by atoms with van der Waals surface area (Å²) in [5.74, 6) is 1.26. The minimum Gasteiger partial charge on any atom is -0.393 e. The number of hydrogen-bond acceptors (Lipinski definition) is 3. The Bertz CT molecular complexity index is 340. The van der Waals surface area contributed by atoms with Gasteiger partial charge in [0.25, 0.3) is 0 Å². The van der Waals surface area contributed by atoms with Gasteiger partial charge < -0.3 is 15.3 Å². The van der Waals surface area contributed by atoms with E-state index in [1.165, 1.54) is 32.1 Å². The molecule has 3 atom stereocenters. The molecular formula is C18H34N2O2. The molecule has 0 radical (unpaired) electrons. The molecule has 2 N–H and O–H groups in total. The Hall–Kier alpha value is -0.610. The Labute approximate surface area is 135 Å². The van der Waals surface area contributed by atoms with Crippen molar-refractivity contribution in [2.45, 2.75) is 77.4 Å². The van der Waals surface area contributed by atoms with Gasteiger partial charge in [0, 0.05) is 31.5 Å². The molecule has 2 aliphatic rings. The number of piperidine rings is 1. The highest BCUT2D eigenvalue weighted by Crippen LogP contribution is 2.25. The van der Waals surface area contributed by atoms with E-state index in [2.05, 4.69) is 5.32 Å². The number of aliphatic hydroxyl groups is 1. The van der Waals surface area contributed by atoms with E-state index < -0.39 is 0 Å². The fourth-order valence-corrected chi connectivity index (χ4v) is 3.94. The maximum Gasteiger partial charge on any atom is 0.222 e. The number of carbonyl (C=O) groups excluding carboxylic acids is 1. The van der Waals surface area contributed by atoms with Crippen molar-refractivity contribution in [1.82, 2.24) is 10.2 Å². The van der Waals surface area contributed by atoms with Gasteiger partial charge >= 0.3 is 0 Å². The van der Waals surface area contributed by atoms with E-state index in [4.69, 9.17) is 0 Å². The normalized spacial score (nSPS) is 28.6. The molecule has 2 rings (SSSR count). The standard InChI is InChI=1S/C18H34N2O2/c1-3-7-18(22)20-12-16(14(2)21)10-17(13-20)19-11-15-8-5-4-6-9-15/h14-17,19,21H,3-13H2,1-2H3. The Morgan fingerprint density at radius 3 is 2.64 bits per heavy atom. The van der Waals surface area contributed by atoms with Gasteiger partial charge in [-0.1, -0.05) is 26.2 Å². The van der Waals surface area contributed by atoms with E-state index in [1.807, 2.05) is 18.7 Å². The van der Waals surface area contributed by atoms with Crippen molar-refractivity contribution >= 4 is 5.91 Å². The summed E-state index contributed by atoms with van der Waals surface area (Å²) in [6.45, 7) is 6.52. The summed E-state index contributed by atoms with van der Waals surface area (Å²) in [5, 5.41) is 13.7. The smallest absolute Gasteiger partial charge is 0.222 e. The van der Waals surface area contributed by atoms with Crippen LogP contribution in [-0.2, 0) is 4.79 Å². The van der Waals surface area contributed by atoms with Gasteiger partial charge in [0.1, 0.15) is 0 Å². The molecule has 22 heavy (non-hydrogen) atoms. The molecule has 2 fully saturated rings. The predicted molar refractivity (Wildman–Crippen MR) is 89.6 cm³/mol. The summed E-state index contributed by atoms with van der Waals surface area (Å²) < 4.78 is 0. The zero-order valence-corrected chi connectivity index (χ0v) is 14.4. The molecule has 4 heteroatoms. The molecule has 1 amide bonds. The van der Waals surface area contributed by atoms with E-state index in [0.29, 0.717) is 12.5 Å². The summed E-state index contributed by atoms with van der Waals surface area (Å²) in [5.41, 5.74) is 0. The van der Waals surface area contributed by atoms with Crippen molar-refractivity contribution in [3.05, 3.63) is 0 Å². The first-order valence-corrected chi connectivity index (χ1v) is 9.29. The molecule has 128 valence electrons. The molecule has 0 aromatic carbocycles. The number of likely N-dealkylation sites (tertiary alicyclic amines) is 1. The van der Waals surface area contributed by atoms with Crippen LogP contribution in [0.2, 0.25) is 0 Å². The lowest BCUT2D eigenvalue weighted by atomic mass is 9.87. The number of aliphatic hydroxyl groups excluding tert-OH is 1. The molecule has 1 aliphatic heterocycles. The van der Waals surface area contributed by atoms with Crippen molar-refractivity contribution in [3.63, 3.8) is 0 Å². The van der Waals surface area contributed by atoms with Crippen molar-refractivity contribution in [1.29, 1.82) is 0 Å². The lowest BCUT2D eigenvalue weighted by molar-refractivity contribution is -0.134. The molecule has 1 saturated carbocycles. The van der Waals surface area contributed by atoms with Gasteiger partial charge in [0.05, 0.1) is 6.10 Å². The first-order valence-electron chi connectivity index (χ1n) is 9.29. The third-order valence-corrected chi connectivity index (χ3v) is 5.40. The fourth-order valence-electron chi connectivity index (χ4n) is 3.94. The quantitative estimate of drug-likeness (QED) is 0.793. The van der Waals surface area contributed by atoms with Gasteiger partial charge in [-0.25, -0.2) is 0 Å². The van der Waals surface area contributed by atoms with Crippen LogP contribution < -0.4 is 5.32 Å². The van der Waals surface area contributed by atoms with Crippen LogP contribution in [0, 0.1) is 11.8 Å². The maximum absolute atomic E-state index is 12.2. The zero-order valence-electron chi connectivity index (χ0n) is 14.4. The molecule has 4 nitrogen and oxygen atoms in total. The number of rotatable bonds is 6. The molecule has 1 heterocycles. The Morgan fingerprint density at radius 2 is 2.00 bits per heavy atom. The highest BCUT2D eigenvalue weighted by Gasteiger charge is 2.32. The number of carbonyl (C=O) groups is 1. The van der Waals surface area contributed by atoms with Gasteiger partial charge in [-0.3, -0.25) is 4.79 Å². The van der Waals surface area contributed by atoms with Crippen molar-refractivity contribution in [2.24, 2.45) is 11.8 Å². The monoisotopic (exact) mass is 310 g/mol. The fraction of sp³-hybridized carbons (Fsp3) is 0.944. The van der Waals surface area contributed by atoms with Crippen LogP contribution in [0.25, 0.3) is 0 Å². The molecule has 0 bridgehead atoms. The lowest BCUT2D eigenvalue weighted by Gasteiger charge is -2.40. The number of nitrogens with one attached hydrogen (secondary N) is 1. The van der Waals surface area contributed by atoms with Gasteiger partial charge in [-0.2, -0.15) is 0 Å². The summed E-state index contributed by atoms with van der Waals surface area (Å²) in [6.07, 6.45) is 9.00. The first kappa shape index (κ1) is 17.7. The molecule has 1 aliphatic carbocycles. The minimum absolute atomic E-state index is 0.207. The average molecular weight is 310 g/mol. The SMILES string of the molecule is CCCC(=O)N1CC(NCC2CCCCC2)CC(C(C)O)C1. The first-order chi connectivity index (χ1) is 10.6. The van der Waals surface area contributed by atoms with E-state index in [1.54, 1.807) is 0 Å². The second-order valence-electron chi connectivity index (χ2n) is 7.39. The Kier molecular flexibility index (Phi) is 7.16. The summed E-state index contributed by atoms with van der Waals surface area (Å²) in [4.78, 5) is 14.2. The van der Waals surface area contributed by atoms with E-state index >= 15 is 0 Å². The molecule has 1 saturated heterocycles. The molecule has 0 aromatic heterocycles. The number of nitrogens with zero attached hydrogens (tertiary/aromatic N) is 1. The van der Waals surface area contributed by atoms with Crippen molar-refractivity contribution < 1.29 is 9.90 Å². The molecule has 3 unspecified atom stereocenters. The van der Waals surface area contributed by atoms with Crippen LogP contribution in [0.3, 0.4) is 0 Å². The van der Waals surface area contributed by atoms with Gasteiger partial charge in [-0.05, 0) is 45.1 Å². The predicted octanol–water partition coefficient (Wildman–Crippen LogP) is 2.55. The topological polar surface area (TPSA) is 52.6 Å². The largest absolute Gasteiger partial charge is 0.393 e.